The van der Waals surface area contributed by atoms with Gasteiger partial charge in [-0.15, -0.1) is 11.3 Å². The highest BCUT2D eigenvalue weighted by atomic mass is 32.1. The van der Waals surface area contributed by atoms with Gasteiger partial charge in [-0.3, -0.25) is 0 Å². The van der Waals surface area contributed by atoms with Crippen LogP contribution in [0.25, 0.3) is 30.9 Å². The molecule has 1 aromatic heterocycles. The largest absolute Gasteiger partial charge is 0.135 e. The molecule has 2 heteroatoms. The van der Waals surface area contributed by atoms with Gasteiger partial charge in [0.2, 0.25) is 0 Å². The Morgan fingerprint density at radius 3 is 2.44 bits per heavy atom. The molecule has 0 aliphatic carbocycles. The number of fused-ring (bicyclic) bond motifs is 5. The van der Waals surface area contributed by atoms with Crippen LogP contribution in [-0.4, -0.2) is 7.85 Å². The second kappa shape index (κ2) is 3.60. The normalized spacial score (nSPS) is 11.6. The first-order chi connectivity index (χ1) is 8.84. The number of rotatable bonds is 0. The van der Waals surface area contributed by atoms with Gasteiger partial charge in [-0.05, 0) is 27.6 Å². The van der Waals surface area contributed by atoms with Crippen molar-refractivity contribution in [3.63, 3.8) is 0 Å². The zero-order valence-corrected chi connectivity index (χ0v) is 10.5. The molecule has 0 nitrogen and oxygen atoms in total. The van der Waals surface area contributed by atoms with Gasteiger partial charge in [0.05, 0.1) is 0 Å². The Kier molecular flexibility index (Phi) is 2.03. The van der Waals surface area contributed by atoms with E-state index in [9.17, 15) is 0 Å². The summed E-state index contributed by atoms with van der Waals surface area (Å²) in [6.07, 6.45) is 0. The molecule has 0 saturated carbocycles. The molecule has 0 aliphatic rings. The van der Waals surface area contributed by atoms with Crippen molar-refractivity contribution in [2.75, 3.05) is 0 Å². The third kappa shape index (κ3) is 1.27. The van der Waals surface area contributed by atoms with Gasteiger partial charge >= 0.3 is 0 Å². The molecule has 0 atom stereocenters. The van der Waals surface area contributed by atoms with Crippen LogP contribution >= 0.6 is 11.3 Å². The lowest BCUT2D eigenvalue weighted by molar-refractivity contribution is 1.83. The van der Waals surface area contributed by atoms with Gasteiger partial charge < -0.3 is 0 Å². The van der Waals surface area contributed by atoms with Crippen LogP contribution in [0.2, 0.25) is 0 Å². The summed E-state index contributed by atoms with van der Waals surface area (Å²) >= 11 is 1.83. The fourth-order valence-electron chi connectivity index (χ4n) is 2.59. The van der Waals surface area contributed by atoms with Gasteiger partial charge in [0, 0.05) is 9.40 Å². The van der Waals surface area contributed by atoms with Gasteiger partial charge in [0.15, 0.2) is 0 Å². The molecule has 2 radical (unpaired) electrons. The van der Waals surface area contributed by atoms with E-state index in [1.54, 1.807) is 0 Å². The third-order valence-electron chi connectivity index (χ3n) is 3.40. The molecule has 18 heavy (non-hydrogen) atoms. The first kappa shape index (κ1) is 10.2. The molecule has 0 unspecified atom stereocenters. The smallest absolute Gasteiger partial charge is 0.114 e. The van der Waals surface area contributed by atoms with Crippen LogP contribution in [-0.2, 0) is 0 Å². The van der Waals surface area contributed by atoms with Crippen LogP contribution in [0.5, 0.6) is 0 Å². The highest BCUT2D eigenvalue weighted by molar-refractivity contribution is 7.27. The molecule has 82 valence electrons. The predicted octanol–water partition coefficient (Wildman–Crippen LogP) is 4.00. The molecule has 1 heterocycles. The van der Waals surface area contributed by atoms with Crippen LogP contribution in [0, 0.1) is 0 Å². The van der Waals surface area contributed by atoms with E-state index in [0.29, 0.717) is 0 Å². The molecule has 4 aromatic rings. The summed E-state index contributed by atoms with van der Waals surface area (Å²) in [5.41, 5.74) is 0.876. The van der Waals surface area contributed by atoms with E-state index in [2.05, 4.69) is 54.6 Å². The highest BCUT2D eigenvalue weighted by Crippen LogP contribution is 2.36. The summed E-state index contributed by atoms with van der Waals surface area (Å²) in [7, 11) is 6.24. The van der Waals surface area contributed by atoms with E-state index in [0.717, 1.165) is 5.46 Å². The molecule has 0 N–H and O–H groups in total. The van der Waals surface area contributed by atoms with Crippen molar-refractivity contribution >= 4 is 55.6 Å². The molecule has 0 spiro atoms. The quantitative estimate of drug-likeness (QED) is 0.410. The van der Waals surface area contributed by atoms with Crippen molar-refractivity contribution in [1.82, 2.24) is 0 Å². The lowest BCUT2D eigenvalue weighted by Gasteiger charge is -2.03. The van der Waals surface area contributed by atoms with E-state index < -0.39 is 0 Å². The van der Waals surface area contributed by atoms with Crippen molar-refractivity contribution in [2.24, 2.45) is 0 Å². The lowest BCUT2D eigenvalue weighted by atomic mass is 9.88. The first-order valence-corrected chi connectivity index (χ1v) is 6.75. The highest BCUT2D eigenvalue weighted by Gasteiger charge is 2.09. The standard InChI is InChI=1S/C16H9BS/c17-13-9-10-5-1-2-6-11(10)16-15(13)12-7-3-4-8-14(12)18-16/h1-9H. The van der Waals surface area contributed by atoms with Gasteiger partial charge in [-0.2, -0.15) is 0 Å². The van der Waals surface area contributed by atoms with Gasteiger partial charge in [0.1, 0.15) is 7.85 Å². The zero-order valence-electron chi connectivity index (χ0n) is 9.68. The summed E-state index contributed by atoms with van der Waals surface area (Å²) in [6, 6.07) is 19.0. The zero-order chi connectivity index (χ0) is 12.1. The maximum Gasteiger partial charge on any atom is 0.114 e. The monoisotopic (exact) mass is 244 g/mol. The minimum Gasteiger partial charge on any atom is -0.135 e. The minimum absolute atomic E-state index is 0.876. The van der Waals surface area contributed by atoms with Crippen molar-refractivity contribution in [3.05, 3.63) is 54.6 Å². The second-order valence-electron chi connectivity index (χ2n) is 4.49. The summed E-state index contributed by atoms with van der Waals surface area (Å²) in [4.78, 5) is 0. The molecule has 4 rings (SSSR count). The van der Waals surface area contributed by atoms with Crippen molar-refractivity contribution in [2.45, 2.75) is 0 Å². The Hall–Kier alpha value is -1.80. The van der Waals surface area contributed by atoms with Crippen LogP contribution in [0.1, 0.15) is 0 Å². The number of hydrogen-bond donors (Lipinski definition) is 0. The molecule has 0 bridgehead atoms. The van der Waals surface area contributed by atoms with E-state index in [4.69, 9.17) is 7.85 Å². The Balaban J connectivity index is 2.38. The van der Waals surface area contributed by atoms with E-state index in [1.807, 2.05) is 11.3 Å². The molecule has 0 fully saturated rings. The third-order valence-corrected chi connectivity index (χ3v) is 4.60. The molecule has 0 saturated heterocycles. The van der Waals surface area contributed by atoms with Gasteiger partial charge in [-0.25, -0.2) is 0 Å². The maximum atomic E-state index is 6.24. The SMILES string of the molecule is [B]c1cc2ccccc2c2sc3ccccc3c12. The number of hydrogen-bond acceptors (Lipinski definition) is 1. The van der Waals surface area contributed by atoms with E-state index >= 15 is 0 Å². The fourth-order valence-corrected chi connectivity index (χ4v) is 3.86. The Labute approximate surface area is 110 Å². The summed E-state index contributed by atoms with van der Waals surface area (Å²) in [5.74, 6) is 0. The second-order valence-corrected chi connectivity index (χ2v) is 5.54. The first-order valence-electron chi connectivity index (χ1n) is 5.93. The molecule has 0 amide bonds. The topological polar surface area (TPSA) is 0 Å². The minimum atomic E-state index is 0.876. The maximum absolute atomic E-state index is 6.24. The van der Waals surface area contributed by atoms with Crippen molar-refractivity contribution in [1.29, 1.82) is 0 Å². The molecular weight excluding hydrogens is 235 g/mol. The average Bonchev–Trinajstić information content (AvgIpc) is 2.79. The average molecular weight is 244 g/mol. The number of benzene rings is 3. The molecule has 0 aliphatic heterocycles. The van der Waals surface area contributed by atoms with Crippen LogP contribution in [0.3, 0.4) is 0 Å². The predicted molar refractivity (Wildman–Crippen MR) is 82.2 cm³/mol. The Morgan fingerprint density at radius 1 is 0.833 bits per heavy atom. The van der Waals surface area contributed by atoms with E-state index in [1.165, 1.54) is 30.9 Å². The molecule has 3 aromatic carbocycles. The summed E-state index contributed by atoms with van der Waals surface area (Å²) < 4.78 is 2.60. The molecular formula is C16H9BS. The van der Waals surface area contributed by atoms with Crippen molar-refractivity contribution < 1.29 is 0 Å². The lowest BCUT2D eigenvalue weighted by Crippen LogP contribution is -2.02. The van der Waals surface area contributed by atoms with Crippen LogP contribution in [0.4, 0.5) is 0 Å². The van der Waals surface area contributed by atoms with Gasteiger partial charge in [0.25, 0.3) is 0 Å². The van der Waals surface area contributed by atoms with Crippen LogP contribution in [0.15, 0.2) is 54.6 Å². The summed E-state index contributed by atoms with van der Waals surface area (Å²) in [5, 5.41) is 4.98. The summed E-state index contributed by atoms with van der Waals surface area (Å²) in [6.45, 7) is 0. The Morgan fingerprint density at radius 2 is 1.56 bits per heavy atom. The van der Waals surface area contributed by atoms with Gasteiger partial charge in [-0.1, -0.05) is 54.0 Å². The fraction of sp³-hybridized carbons (Fsp3) is 0. The Bertz CT molecular complexity index is 889. The van der Waals surface area contributed by atoms with E-state index in [-0.39, 0.29) is 0 Å². The number of thiophene rings is 1. The van der Waals surface area contributed by atoms with Crippen molar-refractivity contribution in [3.8, 4) is 0 Å². The van der Waals surface area contributed by atoms with Crippen LogP contribution < -0.4 is 5.46 Å².